The minimum atomic E-state index is 0.378. The minimum absolute atomic E-state index is 0.378. The largest absolute Gasteiger partial charge is 0.493 e. The number of hydrogen-bond donors (Lipinski definition) is 1. The molecule has 1 N–H and O–H groups in total. The molecular formula is C16H17ClN2O2. The lowest BCUT2D eigenvalue weighted by molar-refractivity contribution is 0.284. The van der Waals surface area contributed by atoms with Crippen LogP contribution < -0.4 is 14.9 Å². The molecular weight excluding hydrogens is 288 g/mol. The second-order valence-corrected chi connectivity index (χ2v) is 4.68. The van der Waals surface area contributed by atoms with Crippen LogP contribution in [0, 0.1) is 0 Å². The van der Waals surface area contributed by atoms with Crippen LogP contribution in [0.2, 0.25) is 5.02 Å². The average Bonchev–Trinajstić information content (AvgIpc) is 2.52. The van der Waals surface area contributed by atoms with Gasteiger partial charge < -0.3 is 14.9 Å². The highest BCUT2D eigenvalue weighted by molar-refractivity contribution is 6.31. The van der Waals surface area contributed by atoms with E-state index in [-0.39, 0.29) is 0 Å². The molecule has 0 aromatic heterocycles. The first kappa shape index (κ1) is 15.2. The summed E-state index contributed by atoms with van der Waals surface area (Å²) >= 11 is 6.12. The number of hydrogen-bond acceptors (Lipinski definition) is 4. The van der Waals surface area contributed by atoms with Gasteiger partial charge in [0.25, 0.3) is 0 Å². The number of benzene rings is 2. The van der Waals surface area contributed by atoms with Crippen molar-refractivity contribution in [1.82, 2.24) is 5.43 Å². The highest BCUT2D eigenvalue weighted by Crippen LogP contribution is 2.29. The van der Waals surface area contributed by atoms with Gasteiger partial charge in [0.05, 0.1) is 13.3 Å². The molecule has 0 saturated carbocycles. The Morgan fingerprint density at radius 3 is 2.71 bits per heavy atom. The number of nitrogens with zero attached hydrogens (tertiary/aromatic N) is 1. The van der Waals surface area contributed by atoms with Crippen molar-refractivity contribution >= 4 is 17.8 Å². The molecule has 0 heterocycles. The Morgan fingerprint density at radius 1 is 1.19 bits per heavy atom. The summed E-state index contributed by atoms with van der Waals surface area (Å²) in [4.78, 5) is 0. The maximum atomic E-state index is 6.12. The van der Waals surface area contributed by atoms with Crippen LogP contribution in [0.3, 0.4) is 0 Å². The summed E-state index contributed by atoms with van der Waals surface area (Å²) in [6.45, 7) is 0.378. The second-order valence-electron chi connectivity index (χ2n) is 4.27. The highest BCUT2D eigenvalue weighted by atomic mass is 35.5. The second kappa shape index (κ2) is 7.55. The summed E-state index contributed by atoms with van der Waals surface area (Å²) in [5, 5.41) is 4.66. The predicted octanol–water partition coefficient (Wildman–Crippen LogP) is 3.48. The number of halogens is 1. The number of ether oxygens (including phenoxy) is 2. The molecule has 0 saturated heterocycles. The van der Waals surface area contributed by atoms with Crippen molar-refractivity contribution in [3.05, 3.63) is 58.6 Å². The fourth-order valence-electron chi connectivity index (χ4n) is 1.80. The Morgan fingerprint density at radius 2 is 2.00 bits per heavy atom. The third kappa shape index (κ3) is 4.13. The van der Waals surface area contributed by atoms with Crippen molar-refractivity contribution < 1.29 is 9.47 Å². The Hall–Kier alpha value is -2.20. The van der Waals surface area contributed by atoms with Crippen LogP contribution in [0.15, 0.2) is 47.6 Å². The van der Waals surface area contributed by atoms with E-state index in [4.69, 9.17) is 21.1 Å². The van der Waals surface area contributed by atoms with Crippen molar-refractivity contribution in [3.8, 4) is 11.5 Å². The van der Waals surface area contributed by atoms with Gasteiger partial charge in [0.1, 0.15) is 6.61 Å². The lowest BCUT2D eigenvalue weighted by Crippen LogP contribution is -2.00. The van der Waals surface area contributed by atoms with Crippen molar-refractivity contribution in [1.29, 1.82) is 0 Å². The fraction of sp³-hybridized carbons (Fsp3) is 0.188. The summed E-state index contributed by atoms with van der Waals surface area (Å²) in [6, 6.07) is 13.2. The first-order valence-electron chi connectivity index (χ1n) is 6.48. The monoisotopic (exact) mass is 304 g/mol. The van der Waals surface area contributed by atoms with Gasteiger partial charge in [-0.3, -0.25) is 0 Å². The van der Waals surface area contributed by atoms with E-state index in [2.05, 4.69) is 10.5 Å². The Kier molecular flexibility index (Phi) is 5.46. The van der Waals surface area contributed by atoms with Crippen LogP contribution >= 0.6 is 11.6 Å². The smallest absolute Gasteiger partial charge is 0.162 e. The van der Waals surface area contributed by atoms with Crippen molar-refractivity contribution in [2.75, 3.05) is 14.2 Å². The maximum absolute atomic E-state index is 6.12. The van der Waals surface area contributed by atoms with E-state index in [1.165, 1.54) is 0 Å². The normalized spacial score (nSPS) is 10.6. The number of nitrogens with one attached hydrogen (secondary N) is 1. The van der Waals surface area contributed by atoms with E-state index >= 15 is 0 Å². The molecule has 0 bridgehead atoms. The molecule has 2 aromatic carbocycles. The first-order valence-corrected chi connectivity index (χ1v) is 6.86. The first-order chi connectivity index (χ1) is 10.2. The summed E-state index contributed by atoms with van der Waals surface area (Å²) in [6.07, 6.45) is 1.71. The zero-order chi connectivity index (χ0) is 15.1. The van der Waals surface area contributed by atoms with Gasteiger partial charge in [-0.05, 0) is 29.8 Å². The van der Waals surface area contributed by atoms with E-state index in [9.17, 15) is 0 Å². The summed E-state index contributed by atoms with van der Waals surface area (Å²) < 4.78 is 11.1. The third-order valence-corrected chi connectivity index (χ3v) is 3.24. The molecule has 0 amide bonds. The molecule has 0 fully saturated rings. The molecule has 21 heavy (non-hydrogen) atoms. The third-order valence-electron chi connectivity index (χ3n) is 2.87. The van der Waals surface area contributed by atoms with Gasteiger partial charge in [0.2, 0.25) is 0 Å². The van der Waals surface area contributed by atoms with Gasteiger partial charge in [-0.25, -0.2) is 0 Å². The molecule has 4 nitrogen and oxygen atoms in total. The molecule has 0 atom stereocenters. The van der Waals surface area contributed by atoms with E-state index < -0.39 is 0 Å². The summed E-state index contributed by atoms with van der Waals surface area (Å²) in [5.74, 6) is 1.32. The van der Waals surface area contributed by atoms with Gasteiger partial charge in [-0.2, -0.15) is 5.10 Å². The molecule has 2 rings (SSSR count). The van der Waals surface area contributed by atoms with Crippen LogP contribution in [-0.2, 0) is 6.61 Å². The Bertz CT molecular complexity index is 629. The van der Waals surface area contributed by atoms with E-state index in [1.54, 1.807) is 20.4 Å². The van der Waals surface area contributed by atoms with Crippen LogP contribution in [0.25, 0.3) is 0 Å². The van der Waals surface area contributed by atoms with Gasteiger partial charge >= 0.3 is 0 Å². The molecule has 0 aliphatic rings. The standard InChI is InChI=1S/C16H17ClN2O2/c1-18-19-10-12-7-8-15(20-2)16(9-12)21-11-13-5-3-4-6-14(13)17/h3-10,18H,11H2,1-2H3/b19-10+. The Balaban J connectivity index is 2.17. The van der Waals surface area contributed by atoms with Crippen molar-refractivity contribution in [2.24, 2.45) is 5.10 Å². The number of methoxy groups -OCH3 is 1. The van der Waals surface area contributed by atoms with Gasteiger partial charge in [-0.15, -0.1) is 0 Å². The molecule has 0 unspecified atom stereocenters. The molecule has 2 aromatic rings. The summed E-state index contributed by atoms with van der Waals surface area (Å²) in [7, 11) is 3.36. The topological polar surface area (TPSA) is 42.9 Å². The van der Waals surface area contributed by atoms with Crippen LogP contribution in [0.4, 0.5) is 0 Å². The van der Waals surface area contributed by atoms with Crippen molar-refractivity contribution in [2.45, 2.75) is 6.61 Å². The molecule has 0 aliphatic heterocycles. The molecule has 0 aliphatic carbocycles. The Labute approximate surface area is 129 Å². The summed E-state index contributed by atoms with van der Waals surface area (Å²) in [5.41, 5.74) is 4.55. The quantitative estimate of drug-likeness (QED) is 0.656. The lowest BCUT2D eigenvalue weighted by Gasteiger charge is -2.12. The van der Waals surface area contributed by atoms with Gasteiger partial charge in [0, 0.05) is 17.6 Å². The lowest BCUT2D eigenvalue weighted by atomic mass is 10.2. The fourth-order valence-corrected chi connectivity index (χ4v) is 1.99. The zero-order valence-corrected chi connectivity index (χ0v) is 12.7. The molecule has 5 heteroatoms. The molecule has 0 radical (unpaired) electrons. The van der Waals surface area contributed by atoms with Crippen LogP contribution in [0.1, 0.15) is 11.1 Å². The molecule has 0 spiro atoms. The van der Waals surface area contributed by atoms with E-state index in [0.29, 0.717) is 23.1 Å². The maximum Gasteiger partial charge on any atom is 0.162 e. The minimum Gasteiger partial charge on any atom is -0.493 e. The van der Waals surface area contributed by atoms with Gasteiger partial charge in [0.15, 0.2) is 11.5 Å². The van der Waals surface area contributed by atoms with Crippen LogP contribution in [-0.4, -0.2) is 20.4 Å². The SMILES string of the molecule is CN/N=C/c1ccc(OC)c(OCc2ccccc2Cl)c1. The van der Waals surface area contributed by atoms with E-state index in [1.807, 2.05) is 42.5 Å². The van der Waals surface area contributed by atoms with Crippen molar-refractivity contribution in [3.63, 3.8) is 0 Å². The van der Waals surface area contributed by atoms with E-state index in [0.717, 1.165) is 11.1 Å². The highest BCUT2D eigenvalue weighted by Gasteiger charge is 2.07. The van der Waals surface area contributed by atoms with Gasteiger partial charge in [-0.1, -0.05) is 29.8 Å². The van der Waals surface area contributed by atoms with Crippen LogP contribution in [0.5, 0.6) is 11.5 Å². The number of rotatable bonds is 6. The average molecular weight is 305 g/mol. The zero-order valence-electron chi connectivity index (χ0n) is 12.0. The number of hydrazone groups is 1. The molecule has 110 valence electrons. The predicted molar refractivity (Wildman–Crippen MR) is 85.4 cm³/mol.